The largest absolute Gasteiger partial charge is 0.324 e. The van der Waals surface area contributed by atoms with Crippen LogP contribution in [-0.4, -0.2) is 40.1 Å². The number of amides is 3. The average Bonchev–Trinajstić information content (AvgIpc) is 3.47. The second-order valence-corrected chi connectivity index (χ2v) is 8.91. The molecule has 3 fully saturated rings. The number of nitrogens with zero attached hydrogens (tertiary/aromatic N) is 3. The topological polar surface area (TPSA) is 113 Å². The van der Waals surface area contributed by atoms with Crippen LogP contribution in [0.2, 0.25) is 0 Å². The molecule has 0 saturated carbocycles. The number of carbonyl (C=O) groups excluding carboxylic acids is 3. The molecule has 0 bridgehead atoms. The summed E-state index contributed by atoms with van der Waals surface area (Å²) in [6.07, 6.45) is 1.56. The molecule has 2 aromatic rings. The Morgan fingerprint density at radius 3 is 2.69 bits per heavy atom. The summed E-state index contributed by atoms with van der Waals surface area (Å²) in [7, 11) is 0. The van der Waals surface area contributed by atoms with Crippen molar-refractivity contribution in [2.45, 2.75) is 31.3 Å². The number of nitro benzene ring substituents is 1. The van der Waals surface area contributed by atoms with E-state index in [-0.39, 0.29) is 29.2 Å². The summed E-state index contributed by atoms with van der Waals surface area (Å²) in [6.45, 7) is 2.24. The van der Waals surface area contributed by atoms with Crippen LogP contribution in [0.3, 0.4) is 0 Å². The number of para-hydroxylation sites is 1. The number of nitrogens with one attached hydrogen (secondary N) is 1. The predicted octanol–water partition coefficient (Wildman–Crippen LogP) is 2.33. The lowest BCUT2D eigenvalue weighted by molar-refractivity contribution is -0.385. The zero-order valence-electron chi connectivity index (χ0n) is 17.3. The summed E-state index contributed by atoms with van der Waals surface area (Å²) in [5.74, 6) is -2.67. The Morgan fingerprint density at radius 1 is 1.12 bits per heavy atom. The standard InChI is InChI=1S/C23H20N4O5/c1-12-8-9-13(11-17(12)27(31)32)26-20(28)18-16-7-4-10-25(16)23(19(18)21(26)29)14-5-2-3-6-15(14)24-22(23)30/h2-3,5-6,8-9,11,16,18-19H,4,7,10H2,1H3,(H,24,30)/t16-,18-,19+,23-/m1/s1. The summed E-state index contributed by atoms with van der Waals surface area (Å²) in [5, 5.41) is 14.4. The molecule has 4 atom stereocenters. The average molecular weight is 432 g/mol. The van der Waals surface area contributed by atoms with Crippen molar-refractivity contribution in [1.82, 2.24) is 4.90 Å². The Hall–Kier alpha value is -3.59. The maximum atomic E-state index is 13.8. The highest BCUT2D eigenvalue weighted by atomic mass is 16.6. The molecule has 32 heavy (non-hydrogen) atoms. The summed E-state index contributed by atoms with van der Waals surface area (Å²) in [6, 6.07) is 11.5. The van der Waals surface area contributed by atoms with Crippen LogP contribution >= 0.6 is 0 Å². The van der Waals surface area contributed by atoms with Gasteiger partial charge in [-0.1, -0.05) is 24.3 Å². The highest BCUT2D eigenvalue weighted by Gasteiger charge is 2.74. The number of hydrogen-bond donors (Lipinski definition) is 1. The minimum Gasteiger partial charge on any atom is -0.324 e. The van der Waals surface area contributed by atoms with Crippen LogP contribution in [0.15, 0.2) is 42.5 Å². The molecule has 6 rings (SSSR count). The van der Waals surface area contributed by atoms with Gasteiger partial charge in [-0.15, -0.1) is 0 Å². The van der Waals surface area contributed by atoms with Crippen molar-refractivity contribution >= 4 is 34.8 Å². The van der Waals surface area contributed by atoms with Crippen molar-refractivity contribution in [3.8, 4) is 0 Å². The van der Waals surface area contributed by atoms with Crippen molar-refractivity contribution in [2.75, 3.05) is 16.8 Å². The zero-order valence-corrected chi connectivity index (χ0v) is 17.3. The number of fused-ring (bicyclic) bond motifs is 7. The van der Waals surface area contributed by atoms with E-state index in [1.165, 1.54) is 12.1 Å². The summed E-state index contributed by atoms with van der Waals surface area (Å²) >= 11 is 0. The maximum absolute atomic E-state index is 13.8. The Labute approximate surface area is 183 Å². The van der Waals surface area contributed by atoms with Crippen LogP contribution in [0.5, 0.6) is 0 Å². The predicted molar refractivity (Wildman–Crippen MR) is 114 cm³/mol. The molecule has 1 spiro atoms. The molecule has 3 saturated heterocycles. The first-order valence-corrected chi connectivity index (χ1v) is 10.7. The Kier molecular flexibility index (Phi) is 3.72. The lowest BCUT2D eigenvalue weighted by Crippen LogP contribution is -2.54. The van der Waals surface area contributed by atoms with Crippen molar-refractivity contribution in [1.29, 1.82) is 0 Å². The van der Waals surface area contributed by atoms with Gasteiger partial charge in [0.2, 0.25) is 17.7 Å². The number of benzene rings is 2. The van der Waals surface area contributed by atoms with E-state index >= 15 is 0 Å². The lowest BCUT2D eigenvalue weighted by Gasteiger charge is -2.36. The van der Waals surface area contributed by atoms with Crippen molar-refractivity contribution < 1.29 is 19.3 Å². The Bertz CT molecular complexity index is 1240. The van der Waals surface area contributed by atoms with Crippen LogP contribution in [0.25, 0.3) is 0 Å². The minimum absolute atomic E-state index is 0.152. The number of imide groups is 1. The molecule has 4 aliphatic heterocycles. The van der Waals surface area contributed by atoms with Crippen LogP contribution in [0, 0.1) is 28.9 Å². The number of nitro groups is 1. The molecule has 3 amide bonds. The van der Waals surface area contributed by atoms with Gasteiger partial charge in [0.1, 0.15) is 5.54 Å². The van der Waals surface area contributed by atoms with E-state index in [0.29, 0.717) is 17.8 Å². The number of carbonyl (C=O) groups is 3. The first-order valence-electron chi connectivity index (χ1n) is 10.7. The summed E-state index contributed by atoms with van der Waals surface area (Å²) < 4.78 is 0. The third kappa shape index (κ3) is 2.09. The fourth-order valence-corrected chi connectivity index (χ4v) is 6.35. The highest BCUT2D eigenvalue weighted by molar-refractivity contribution is 6.26. The number of hydrogen-bond acceptors (Lipinski definition) is 6. The van der Waals surface area contributed by atoms with Crippen LogP contribution in [-0.2, 0) is 19.9 Å². The fraction of sp³-hybridized carbons (Fsp3) is 0.348. The van der Waals surface area contributed by atoms with Gasteiger partial charge in [-0.3, -0.25) is 29.4 Å². The lowest BCUT2D eigenvalue weighted by atomic mass is 9.75. The van der Waals surface area contributed by atoms with Crippen LogP contribution < -0.4 is 10.2 Å². The molecule has 4 aliphatic rings. The SMILES string of the molecule is Cc1ccc(N2C(=O)[C@@H]3[C@H]4CCCN4[C@@]4(C(=O)Nc5ccccc54)[C@@H]3C2=O)cc1[N+](=O)[O-]. The molecule has 0 aliphatic carbocycles. The van der Waals surface area contributed by atoms with Crippen molar-refractivity contribution in [3.05, 3.63) is 63.7 Å². The molecule has 0 aromatic heterocycles. The number of anilines is 2. The van der Waals surface area contributed by atoms with Gasteiger partial charge in [0.05, 0.1) is 22.4 Å². The van der Waals surface area contributed by atoms with Gasteiger partial charge in [0, 0.05) is 28.9 Å². The van der Waals surface area contributed by atoms with E-state index in [9.17, 15) is 24.5 Å². The van der Waals surface area contributed by atoms with E-state index < -0.39 is 28.2 Å². The molecule has 162 valence electrons. The minimum atomic E-state index is -1.24. The Balaban J connectivity index is 1.53. The summed E-state index contributed by atoms with van der Waals surface area (Å²) in [5.41, 5.74) is 0.622. The second-order valence-electron chi connectivity index (χ2n) is 8.91. The van der Waals surface area contributed by atoms with E-state index in [4.69, 9.17) is 0 Å². The number of rotatable bonds is 2. The highest BCUT2D eigenvalue weighted by Crippen LogP contribution is 2.60. The third-order valence-corrected chi connectivity index (χ3v) is 7.55. The van der Waals surface area contributed by atoms with Gasteiger partial charge in [0.25, 0.3) is 5.69 Å². The van der Waals surface area contributed by atoms with Gasteiger partial charge in [0.15, 0.2) is 0 Å². The normalized spacial score (nSPS) is 30.6. The smallest absolute Gasteiger partial charge is 0.274 e. The molecule has 9 nitrogen and oxygen atoms in total. The molecule has 1 N–H and O–H groups in total. The van der Waals surface area contributed by atoms with Gasteiger partial charge in [-0.25, -0.2) is 4.90 Å². The van der Waals surface area contributed by atoms with E-state index in [1.807, 2.05) is 29.2 Å². The van der Waals surface area contributed by atoms with Gasteiger partial charge in [-0.2, -0.15) is 0 Å². The van der Waals surface area contributed by atoms with Crippen LogP contribution in [0.4, 0.5) is 17.1 Å². The van der Waals surface area contributed by atoms with Crippen LogP contribution in [0.1, 0.15) is 24.0 Å². The fourth-order valence-electron chi connectivity index (χ4n) is 6.35. The zero-order chi connectivity index (χ0) is 22.4. The van der Waals surface area contributed by atoms with E-state index in [2.05, 4.69) is 5.32 Å². The second kappa shape index (κ2) is 6.23. The monoisotopic (exact) mass is 432 g/mol. The number of aryl methyl sites for hydroxylation is 1. The molecule has 0 unspecified atom stereocenters. The molecule has 2 aromatic carbocycles. The van der Waals surface area contributed by atoms with Gasteiger partial charge >= 0.3 is 0 Å². The molecular weight excluding hydrogens is 412 g/mol. The third-order valence-electron chi connectivity index (χ3n) is 7.55. The van der Waals surface area contributed by atoms with Gasteiger partial charge in [-0.05, 0) is 38.4 Å². The molecular formula is C23H20N4O5. The first-order chi connectivity index (χ1) is 15.4. The molecule has 9 heteroatoms. The first kappa shape index (κ1) is 19.1. The van der Waals surface area contributed by atoms with E-state index in [1.54, 1.807) is 13.0 Å². The maximum Gasteiger partial charge on any atom is 0.274 e. The Morgan fingerprint density at radius 2 is 1.91 bits per heavy atom. The summed E-state index contributed by atoms with van der Waals surface area (Å²) in [4.78, 5) is 55.0. The van der Waals surface area contributed by atoms with E-state index in [0.717, 1.165) is 23.3 Å². The molecule has 4 heterocycles. The van der Waals surface area contributed by atoms with Gasteiger partial charge < -0.3 is 5.32 Å². The van der Waals surface area contributed by atoms with Crippen molar-refractivity contribution in [3.63, 3.8) is 0 Å². The quantitative estimate of drug-likeness (QED) is 0.443. The molecule has 0 radical (unpaired) electrons. The van der Waals surface area contributed by atoms with Crippen molar-refractivity contribution in [2.24, 2.45) is 11.8 Å².